The summed E-state index contributed by atoms with van der Waals surface area (Å²) in [6.45, 7) is 0.735. The molecule has 0 N–H and O–H groups in total. The number of ether oxygens (including phenoxy) is 1. The van der Waals surface area contributed by atoms with Crippen LogP contribution in [0.2, 0.25) is 0 Å². The van der Waals surface area contributed by atoms with Crippen molar-refractivity contribution < 1.29 is 4.74 Å². The molecule has 3 rings (SSSR count). The highest BCUT2D eigenvalue weighted by atomic mass is 16.5. The van der Waals surface area contributed by atoms with Gasteiger partial charge >= 0.3 is 0 Å². The second-order valence-electron chi connectivity index (χ2n) is 7.28. The molecule has 1 fully saturated rings. The van der Waals surface area contributed by atoms with Crippen molar-refractivity contribution in [3.05, 3.63) is 71.8 Å². The highest BCUT2D eigenvalue weighted by molar-refractivity contribution is 5.18. The molecule has 1 aliphatic carbocycles. The topological polar surface area (TPSA) is 12.5 Å². The quantitative estimate of drug-likeness (QED) is 0.765. The highest BCUT2D eigenvalue weighted by Crippen LogP contribution is 2.36. The zero-order chi connectivity index (χ0) is 16.8. The van der Waals surface area contributed by atoms with Crippen molar-refractivity contribution in [3.8, 4) is 0 Å². The predicted molar refractivity (Wildman–Crippen MR) is 100 cm³/mol. The van der Waals surface area contributed by atoms with Crippen LogP contribution >= 0.6 is 0 Å². The first-order valence-electron chi connectivity index (χ1n) is 9.05. The zero-order valence-electron chi connectivity index (χ0n) is 14.9. The maximum Gasteiger partial charge on any atom is 0.0720 e. The Labute approximate surface area is 146 Å². The van der Waals surface area contributed by atoms with Crippen LogP contribution in [0.15, 0.2) is 60.7 Å². The summed E-state index contributed by atoms with van der Waals surface area (Å²) < 4.78 is 6.17. The third kappa shape index (κ3) is 4.25. The zero-order valence-corrected chi connectivity index (χ0v) is 14.9. The molecule has 0 radical (unpaired) electrons. The van der Waals surface area contributed by atoms with E-state index in [1.807, 2.05) is 0 Å². The fourth-order valence-electron chi connectivity index (χ4n) is 3.84. The van der Waals surface area contributed by atoms with E-state index < -0.39 is 0 Å². The monoisotopic (exact) mass is 323 g/mol. The summed E-state index contributed by atoms with van der Waals surface area (Å²) in [7, 11) is 4.46. The number of hydrogen-bond acceptors (Lipinski definition) is 2. The summed E-state index contributed by atoms with van der Waals surface area (Å²) in [4.78, 5) is 2.44. The van der Waals surface area contributed by atoms with E-state index in [1.165, 1.54) is 24.0 Å². The molecule has 2 heteroatoms. The smallest absolute Gasteiger partial charge is 0.0720 e. The summed E-state index contributed by atoms with van der Waals surface area (Å²) in [5.41, 5.74) is 2.98. The number of hydrogen-bond donors (Lipinski definition) is 0. The number of likely N-dealkylation sites (N-methyl/N-ethyl adjacent to an activating group) is 1. The molecule has 0 unspecified atom stereocenters. The molecule has 0 bridgehead atoms. The minimum absolute atomic E-state index is 0.272. The van der Waals surface area contributed by atoms with E-state index in [0.717, 1.165) is 25.9 Å². The van der Waals surface area contributed by atoms with Crippen LogP contribution in [0.5, 0.6) is 0 Å². The average Bonchev–Trinajstić information content (AvgIpc) is 2.63. The van der Waals surface area contributed by atoms with Gasteiger partial charge in [0, 0.05) is 5.54 Å². The summed E-state index contributed by atoms with van der Waals surface area (Å²) >= 11 is 0. The Balaban J connectivity index is 1.56. The van der Waals surface area contributed by atoms with E-state index in [-0.39, 0.29) is 5.54 Å². The van der Waals surface area contributed by atoms with Gasteiger partial charge in [0.15, 0.2) is 0 Å². The molecule has 0 atom stereocenters. The molecular weight excluding hydrogens is 294 g/mol. The molecule has 1 saturated carbocycles. The van der Waals surface area contributed by atoms with Crippen LogP contribution in [0.1, 0.15) is 36.8 Å². The van der Waals surface area contributed by atoms with Crippen LogP contribution < -0.4 is 0 Å². The van der Waals surface area contributed by atoms with Gasteiger partial charge in [0.2, 0.25) is 0 Å². The third-order valence-corrected chi connectivity index (χ3v) is 5.52. The highest BCUT2D eigenvalue weighted by Gasteiger charge is 2.37. The summed E-state index contributed by atoms with van der Waals surface area (Å²) in [6, 6.07) is 21.4. The average molecular weight is 323 g/mol. The lowest BCUT2D eigenvalue weighted by Gasteiger charge is -2.45. The van der Waals surface area contributed by atoms with Crippen molar-refractivity contribution in [2.24, 2.45) is 0 Å². The molecule has 0 aromatic heterocycles. The van der Waals surface area contributed by atoms with Gasteiger partial charge in [0.1, 0.15) is 0 Å². The molecule has 0 heterocycles. The minimum atomic E-state index is 0.272. The van der Waals surface area contributed by atoms with Crippen molar-refractivity contribution in [2.75, 3.05) is 14.1 Å². The van der Waals surface area contributed by atoms with Crippen molar-refractivity contribution in [1.29, 1.82) is 0 Å². The van der Waals surface area contributed by atoms with Crippen molar-refractivity contribution in [2.45, 2.75) is 50.4 Å². The van der Waals surface area contributed by atoms with E-state index >= 15 is 0 Å². The normalized spacial score (nSPS) is 24.2. The predicted octanol–water partition coefficient (Wildman–Crippen LogP) is 4.69. The Bertz CT molecular complexity index is 600. The summed E-state index contributed by atoms with van der Waals surface area (Å²) in [6.07, 6.45) is 6.24. The van der Waals surface area contributed by atoms with E-state index in [1.54, 1.807) is 0 Å². The van der Waals surface area contributed by atoms with Gasteiger partial charge in [-0.1, -0.05) is 60.7 Å². The van der Waals surface area contributed by atoms with Crippen molar-refractivity contribution >= 4 is 0 Å². The van der Waals surface area contributed by atoms with E-state index in [4.69, 9.17) is 4.74 Å². The lowest BCUT2D eigenvalue weighted by molar-refractivity contribution is -0.0230. The molecule has 1 aliphatic rings. The molecule has 0 saturated heterocycles. The second kappa shape index (κ2) is 7.96. The third-order valence-electron chi connectivity index (χ3n) is 5.52. The maximum atomic E-state index is 6.17. The molecule has 2 aromatic carbocycles. The van der Waals surface area contributed by atoms with Crippen LogP contribution in [0.4, 0.5) is 0 Å². The van der Waals surface area contributed by atoms with Gasteiger partial charge in [-0.2, -0.15) is 0 Å². The standard InChI is InChI=1S/C22H29NO/c1-23(2)22(17-19-9-5-3-6-10-19)15-13-21(14-16-22)24-18-20-11-7-4-8-12-20/h3-12,21H,13-18H2,1-2H3/t21-,22+. The fourth-order valence-corrected chi connectivity index (χ4v) is 3.84. The molecule has 0 aliphatic heterocycles. The first-order chi connectivity index (χ1) is 11.7. The van der Waals surface area contributed by atoms with Gasteiger partial charge in [-0.15, -0.1) is 0 Å². The Kier molecular flexibility index (Phi) is 5.70. The molecule has 128 valence electrons. The Morgan fingerprint density at radius 3 is 1.96 bits per heavy atom. The first-order valence-corrected chi connectivity index (χ1v) is 9.05. The first kappa shape index (κ1) is 17.2. The lowest BCUT2D eigenvalue weighted by Crippen LogP contribution is -2.49. The van der Waals surface area contributed by atoms with Gasteiger partial charge in [-0.05, 0) is 57.3 Å². The van der Waals surface area contributed by atoms with Crippen LogP contribution in [0.25, 0.3) is 0 Å². The van der Waals surface area contributed by atoms with Crippen molar-refractivity contribution in [1.82, 2.24) is 4.90 Å². The lowest BCUT2D eigenvalue weighted by atomic mass is 9.75. The Morgan fingerprint density at radius 1 is 0.875 bits per heavy atom. The van der Waals surface area contributed by atoms with Gasteiger partial charge in [-0.25, -0.2) is 0 Å². The van der Waals surface area contributed by atoms with Crippen LogP contribution in [0.3, 0.4) is 0 Å². The Morgan fingerprint density at radius 2 is 1.42 bits per heavy atom. The van der Waals surface area contributed by atoms with E-state index in [2.05, 4.69) is 79.7 Å². The van der Waals surface area contributed by atoms with E-state index in [9.17, 15) is 0 Å². The molecule has 0 amide bonds. The Hall–Kier alpha value is -1.64. The van der Waals surface area contributed by atoms with Crippen LogP contribution in [0, 0.1) is 0 Å². The minimum Gasteiger partial charge on any atom is -0.374 e. The molecule has 2 aromatic rings. The maximum absolute atomic E-state index is 6.17. The van der Waals surface area contributed by atoms with Crippen LogP contribution in [-0.4, -0.2) is 30.6 Å². The van der Waals surface area contributed by atoms with Gasteiger partial charge < -0.3 is 9.64 Å². The number of nitrogens with zero attached hydrogens (tertiary/aromatic N) is 1. The van der Waals surface area contributed by atoms with E-state index in [0.29, 0.717) is 6.10 Å². The second-order valence-corrected chi connectivity index (χ2v) is 7.28. The molecular formula is C22H29NO. The number of benzene rings is 2. The SMILES string of the molecule is CN(C)[C@]1(Cc2ccccc2)CC[C@H](OCc2ccccc2)CC1. The number of rotatable bonds is 6. The van der Waals surface area contributed by atoms with Gasteiger partial charge in [0.25, 0.3) is 0 Å². The summed E-state index contributed by atoms with van der Waals surface area (Å²) in [5, 5.41) is 0. The molecule has 0 spiro atoms. The summed E-state index contributed by atoms with van der Waals surface area (Å²) in [5.74, 6) is 0. The largest absolute Gasteiger partial charge is 0.374 e. The van der Waals surface area contributed by atoms with Gasteiger partial charge in [0.05, 0.1) is 12.7 Å². The fraction of sp³-hybridized carbons (Fsp3) is 0.455. The van der Waals surface area contributed by atoms with Gasteiger partial charge in [-0.3, -0.25) is 0 Å². The molecule has 2 nitrogen and oxygen atoms in total. The van der Waals surface area contributed by atoms with Crippen molar-refractivity contribution in [3.63, 3.8) is 0 Å². The van der Waals surface area contributed by atoms with Crippen LogP contribution in [-0.2, 0) is 17.8 Å². The molecule has 24 heavy (non-hydrogen) atoms.